The minimum absolute atomic E-state index is 0.304. The predicted octanol–water partition coefficient (Wildman–Crippen LogP) is 3.73. The molecule has 2 rings (SSSR count). The Balaban J connectivity index is 1.92. The molecular formula is C19H25NO3S. The first-order valence-electron chi connectivity index (χ1n) is 8.23. The molecule has 24 heavy (non-hydrogen) atoms. The molecule has 0 spiro atoms. The summed E-state index contributed by atoms with van der Waals surface area (Å²) in [5.41, 5.74) is 2.19. The van der Waals surface area contributed by atoms with Gasteiger partial charge in [-0.25, -0.2) is 13.1 Å². The van der Waals surface area contributed by atoms with Crippen LogP contribution in [0.2, 0.25) is 0 Å². The fraction of sp³-hybridized carbons (Fsp3) is 0.368. The predicted molar refractivity (Wildman–Crippen MR) is 97.0 cm³/mol. The molecule has 0 bridgehead atoms. The summed E-state index contributed by atoms with van der Waals surface area (Å²) in [5.74, 6) is 1.21. The van der Waals surface area contributed by atoms with Crippen LogP contribution in [0.25, 0.3) is 0 Å². The summed E-state index contributed by atoms with van der Waals surface area (Å²) >= 11 is 0. The van der Waals surface area contributed by atoms with E-state index in [2.05, 4.69) is 18.6 Å². The molecule has 0 atom stereocenters. The third kappa shape index (κ3) is 5.08. The van der Waals surface area contributed by atoms with Crippen LogP contribution in [0.1, 0.15) is 37.8 Å². The molecule has 0 aliphatic rings. The molecule has 0 aliphatic heterocycles. The number of rotatable bonds is 8. The minimum atomic E-state index is -3.46. The van der Waals surface area contributed by atoms with Gasteiger partial charge in [0.05, 0.1) is 11.5 Å². The molecule has 0 unspecified atom stereocenters. The largest absolute Gasteiger partial charge is 0.494 e. The average Bonchev–Trinajstić information content (AvgIpc) is 2.57. The van der Waals surface area contributed by atoms with Crippen molar-refractivity contribution in [3.05, 3.63) is 59.7 Å². The normalized spacial score (nSPS) is 11.7. The van der Waals surface area contributed by atoms with Crippen molar-refractivity contribution in [1.82, 2.24) is 4.72 Å². The van der Waals surface area contributed by atoms with Crippen LogP contribution in [0, 0.1) is 0 Å². The number of hydrogen-bond donors (Lipinski definition) is 1. The first-order valence-corrected chi connectivity index (χ1v) is 9.72. The van der Waals surface area contributed by atoms with Crippen LogP contribution in [-0.4, -0.2) is 21.6 Å². The molecule has 0 saturated carbocycles. The van der Waals surface area contributed by atoms with Gasteiger partial charge >= 0.3 is 0 Å². The first-order chi connectivity index (χ1) is 11.4. The zero-order valence-electron chi connectivity index (χ0n) is 14.5. The van der Waals surface area contributed by atoms with Crippen molar-refractivity contribution in [2.45, 2.75) is 38.0 Å². The highest BCUT2D eigenvalue weighted by molar-refractivity contribution is 7.89. The van der Waals surface area contributed by atoms with E-state index < -0.39 is 10.0 Å². The van der Waals surface area contributed by atoms with Gasteiger partial charge in [-0.15, -0.1) is 0 Å². The molecule has 0 aliphatic carbocycles. The van der Waals surface area contributed by atoms with E-state index in [-0.39, 0.29) is 0 Å². The molecular weight excluding hydrogens is 322 g/mol. The fourth-order valence-corrected chi connectivity index (χ4v) is 3.40. The zero-order chi connectivity index (χ0) is 17.6. The Labute approximate surface area is 144 Å². The van der Waals surface area contributed by atoms with E-state index in [9.17, 15) is 8.42 Å². The van der Waals surface area contributed by atoms with Crippen LogP contribution in [0.15, 0.2) is 53.4 Å². The standard InChI is InChI=1S/C19H25NO3S/c1-4-23-18-9-5-16(6-10-18)13-14-20-24(21,22)19-11-7-17(8-12-19)15(2)3/h5-12,15,20H,4,13-14H2,1-3H3. The SMILES string of the molecule is CCOc1ccc(CCNS(=O)(=O)c2ccc(C(C)C)cc2)cc1. The summed E-state index contributed by atoms with van der Waals surface area (Å²) in [6.45, 7) is 7.10. The lowest BCUT2D eigenvalue weighted by atomic mass is 10.0. The number of sulfonamides is 1. The van der Waals surface area contributed by atoms with Gasteiger partial charge in [-0.05, 0) is 54.7 Å². The van der Waals surface area contributed by atoms with Crippen molar-refractivity contribution in [2.75, 3.05) is 13.2 Å². The Morgan fingerprint density at radius 3 is 2.17 bits per heavy atom. The summed E-state index contributed by atoms with van der Waals surface area (Å²) in [6, 6.07) is 14.8. The van der Waals surface area contributed by atoms with Gasteiger partial charge in [-0.1, -0.05) is 38.1 Å². The Bertz CT molecular complexity index is 735. The number of nitrogens with one attached hydrogen (secondary N) is 1. The van der Waals surface area contributed by atoms with Crippen LogP contribution in [-0.2, 0) is 16.4 Å². The smallest absolute Gasteiger partial charge is 0.240 e. The lowest BCUT2D eigenvalue weighted by molar-refractivity contribution is 0.340. The second-order valence-corrected chi connectivity index (χ2v) is 7.72. The highest BCUT2D eigenvalue weighted by Gasteiger charge is 2.13. The van der Waals surface area contributed by atoms with E-state index in [0.717, 1.165) is 16.9 Å². The van der Waals surface area contributed by atoms with Crippen LogP contribution in [0.5, 0.6) is 5.75 Å². The molecule has 2 aromatic rings. The Hall–Kier alpha value is -1.85. The molecule has 0 radical (unpaired) electrons. The van der Waals surface area contributed by atoms with E-state index in [1.165, 1.54) is 0 Å². The molecule has 1 N–H and O–H groups in total. The number of hydrogen-bond acceptors (Lipinski definition) is 3. The number of ether oxygens (including phenoxy) is 1. The maximum atomic E-state index is 12.3. The third-order valence-corrected chi connectivity index (χ3v) is 5.27. The second-order valence-electron chi connectivity index (χ2n) is 5.95. The van der Waals surface area contributed by atoms with E-state index in [4.69, 9.17) is 4.74 Å². The molecule has 5 heteroatoms. The quantitative estimate of drug-likeness (QED) is 0.791. The van der Waals surface area contributed by atoms with E-state index in [1.54, 1.807) is 12.1 Å². The molecule has 0 aromatic heterocycles. The average molecular weight is 347 g/mol. The topological polar surface area (TPSA) is 55.4 Å². The molecule has 130 valence electrons. The summed E-state index contributed by atoms with van der Waals surface area (Å²) in [4.78, 5) is 0.304. The molecule has 0 fully saturated rings. The van der Waals surface area contributed by atoms with Crippen LogP contribution >= 0.6 is 0 Å². The van der Waals surface area contributed by atoms with E-state index in [1.807, 2.05) is 43.3 Å². The lowest BCUT2D eigenvalue weighted by Crippen LogP contribution is -2.26. The summed E-state index contributed by atoms with van der Waals surface area (Å²) in [5, 5.41) is 0. The molecule has 2 aromatic carbocycles. The van der Waals surface area contributed by atoms with Gasteiger partial charge in [0.1, 0.15) is 5.75 Å². The summed E-state index contributed by atoms with van der Waals surface area (Å²) in [7, 11) is -3.46. The van der Waals surface area contributed by atoms with Gasteiger partial charge in [-0.3, -0.25) is 0 Å². The maximum Gasteiger partial charge on any atom is 0.240 e. The highest BCUT2D eigenvalue weighted by Crippen LogP contribution is 2.17. The van der Waals surface area contributed by atoms with Crippen molar-refractivity contribution in [3.8, 4) is 5.75 Å². The molecule has 4 nitrogen and oxygen atoms in total. The summed E-state index contributed by atoms with van der Waals surface area (Å²) in [6.07, 6.45) is 0.635. The second kappa shape index (κ2) is 8.31. The molecule has 0 saturated heterocycles. The van der Waals surface area contributed by atoms with Crippen molar-refractivity contribution >= 4 is 10.0 Å². The van der Waals surface area contributed by atoms with Crippen LogP contribution in [0.3, 0.4) is 0 Å². The zero-order valence-corrected chi connectivity index (χ0v) is 15.3. The maximum absolute atomic E-state index is 12.3. The van der Waals surface area contributed by atoms with Crippen molar-refractivity contribution in [3.63, 3.8) is 0 Å². The monoisotopic (exact) mass is 347 g/mol. The lowest BCUT2D eigenvalue weighted by Gasteiger charge is -2.09. The highest BCUT2D eigenvalue weighted by atomic mass is 32.2. The van der Waals surface area contributed by atoms with Crippen molar-refractivity contribution < 1.29 is 13.2 Å². The van der Waals surface area contributed by atoms with Crippen molar-refractivity contribution in [2.24, 2.45) is 0 Å². The van der Waals surface area contributed by atoms with Gasteiger partial charge in [0.15, 0.2) is 0 Å². The van der Waals surface area contributed by atoms with Gasteiger partial charge in [0.2, 0.25) is 10.0 Å². The van der Waals surface area contributed by atoms with Gasteiger partial charge in [-0.2, -0.15) is 0 Å². The minimum Gasteiger partial charge on any atom is -0.494 e. The Morgan fingerprint density at radius 2 is 1.62 bits per heavy atom. The molecule has 0 heterocycles. The van der Waals surface area contributed by atoms with Crippen LogP contribution < -0.4 is 9.46 Å². The fourth-order valence-electron chi connectivity index (χ4n) is 2.36. The molecule has 0 amide bonds. The van der Waals surface area contributed by atoms with Gasteiger partial charge in [0, 0.05) is 6.54 Å². The van der Waals surface area contributed by atoms with Gasteiger partial charge < -0.3 is 4.74 Å². The van der Waals surface area contributed by atoms with E-state index >= 15 is 0 Å². The Kier molecular flexibility index (Phi) is 6.40. The third-order valence-electron chi connectivity index (χ3n) is 3.80. The van der Waals surface area contributed by atoms with Crippen molar-refractivity contribution in [1.29, 1.82) is 0 Å². The number of benzene rings is 2. The first kappa shape index (κ1) is 18.5. The Morgan fingerprint density at radius 1 is 1.00 bits per heavy atom. The van der Waals surface area contributed by atoms with Gasteiger partial charge in [0.25, 0.3) is 0 Å². The summed E-state index contributed by atoms with van der Waals surface area (Å²) < 4.78 is 32.7. The van der Waals surface area contributed by atoms with E-state index in [0.29, 0.717) is 30.4 Å². The van der Waals surface area contributed by atoms with Crippen LogP contribution in [0.4, 0.5) is 0 Å².